The molecule has 0 unspecified atom stereocenters. The van der Waals surface area contributed by atoms with Crippen molar-refractivity contribution < 1.29 is 18.3 Å². The molecule has 0 aliphatic carbocycles. The standard InChI is InChI=1S/C14H15F2N3O2/c1-18(9-11-6-7-17-19(11)2)13(20)10-4-3-5-12(8-10)21-14(15)16/h3-8,14H,9H2,1-2H3. The number of nitrogens with zero attached hydrogens (tertiary/aromatic N) is 3. The zero-order valence-electron chi connectivity index (χ0n) is 11.7. The molecule has 7 heteroatoms. The Kier molecular flexibility index (Phi) is 4.52. The molecule has 1 aromatic heterocycles. The molecule has 0 spiro atoms. The molecule has 5 nitrogen and oxygen atoms in total. The first-order chi connectivity index (χ1) is 9.97. The first-order valence-electron chi connectivity index (χ1n) is 6.24. The molecule has 2 aromatic rings. The van der Waals surface area contributed by atoms with E-state index in [4.69, 9.17) is 0 Å². The molecule has 1 heterocycles. The van der Waals surface area contributed by atoms with E-state index in [1.807, 2.05) is 0 Å². The summed E-state index contributed by atoms with van der Waals surface area (Å²) in [5.41, 5.74) is 1.16. The molecular weight excluding hydrogens is 280 g/mol. The fraction of sp³-hybridized carbons (Fsp3) is 0.286. The summed E-state index contributed by atoms with van der Waals surface area (Å²) in [5.74, 6) is -0.319. The van der Waals surface area contributed by atoms with Gasteiger partial charge in [0.2, 0.25) is 0 Å². The van der Waals surface area contributed by atoms with E-state index < -0.39 is 6.61 Å². The number of aromatic nitrogens is 2. The summed E-state index contributed by atoms with van der Waals surface area (Å²) in [6.07, 6.45) is 1.64. The van der Waals surface area contributed by atoms with E-state index in [1.54, 1.807) is 37.1 Å². The Morgan fingerprint density at radius 3 is 2.81 bits per heavy atom. The van der Waals surface area contributed by atoms with Gasteiger partial charge in [0.25, 0.3) is 5.91 Å². The summed E-state index contributed by atoms with van der Waals surface area (Å²) in [6.45, 7) is -2.54. The van der Waals surface area contributed by atoms with Gasteiger partial charge in [0.15, 0.2) is 0 Å². The van der Waals surface area contributed by atoms with Crippen molar-refractivity contribution in [1.29, 1.82) is 0 Å². The van der Waals surface area contributed by atoms with Gasteiger partial charge in [-0.2, -0.15) is 13.9 Å². The van der Waals surface area contributed by atoms with Gasteiger partial charge < -0.3 is 9.64 Å². The fourth-order valence-electron chi connectivity index (χ4n) is 1.90. The van der Waals surface area contributed by atoms with Crippen molar-refractivity contribution in [2.45, 2.75) is 13.2 Å². The molecule has 0 saturated carbocycles. The van der Waals surface area contributed by atoms with E-state index in [0.717, 1.165) is 5.69 Å². The van der Waals surface area contributed by atoms with Crippen LogP contribution < -0.4 is 4.74 Å². The SMILES string of the molecule is CN(Cc1ccnn1C)C(=O)c1cccc(OC(F)F)c1. The predicted molar refractivity (Wildman–Crippen MR) is 72.1 cm³/mol. The van der Waals surface area contributed by atoms with E-state index in [9.17, 15) is 13.6 Å². The van der Waals surface area contributed by atoms with Gasteiger partial charge in [0, 0.05) is 25.9 Å². The highest BCUT2D eigenvalue weighted by molar-refractivity contribution is 5.94. The van der Waals surface area contributed by atoms with Gasteiger partial charge in [0.05, 0.1) is 12.2 Å². The Morgan fingerprint density at radius 2 is 2.19 bits per heavy atom. The topological polar surface area (TPSA) is 47.4 Å². The Balaban J connectivity index is 2.10. The van der Waals surface area contributed by atoms with Crippen molar-refractivity contribution in [3.05, 3.63) is 47.8 Å². The number of ether oxygens (including phenoxy) is 1. The summed E-state index contributed by atoms with van der Waals surface area (Å²) in [4.78, 5) is 13.8. The van der Waals surface area contributed by atoms with Crippen LogP contribution in [0, 0.1) is 0 Å². The molecule has 0 fully saturated rings. The first kappa shape index (κ1) is 15.0. The zero-order valence-corrected chi connectivity index (χ0v) is 11.7. The second kappa shape index (κ2) is 6.34. The van der Waals surface area contributed by atoms with Crippen molar-refractivity contribution in [3.8, 4) is 5.75 Å². The number of benzene rings is 1. The Morgan fingerprint density at radius 1 is 1.43 bits per heavy atom. The Bertz CT molecular complexity index is 628. The second-order valence-corrected chi connectivity index (χ2v) is 4.51. The number of alkyl halides is 2. The third-order valence-corrected chi connectivity index (χ3v) is 2.97. The average Bonchev–Trinajstić information content (AvgIpc) is 2.83. The molecule has 1 aromatic carbocycles. The Labute approximate surface area is 120 Å². The molecule has 21 heavy (non-hydrogen) atoms. The van der Waals surface area contributed by atoms with Gasteiger partial charge in [-0.15, -0.1) is 0 Å². The number of halogens is 2. The molecule has 0 aliphatic rings. The minimum absolute atomic E-state index is 0.0372. The molecule has 0 N–H and O–H groups in total. The van der Waals surface area contributed by atoms with Crippen LogP contribution in [0.5, 0.6) is 5.75 Å². The summed E-state index contributed by atoms with van der Waals surface area (Å²) in [6, 6.07) is 7.54. The molecule has 0 saturated heterocycles. The number of hydrogen-bond acceptors (Lipinski definition) is 3. The maximum Gasteiger partial charge on any atom is 0.387 e. The lowest BCUT2D eigenvalue weighted by Crippen LogP contribution is -2.27. The van der Waals surface area contributed by atoms with Gasteiger partial charge in [-0.05, 0) is 24.3 Å². The first-order valence-corrected chi connectivity index (χ1v) is 6.24. The van der Waals surface area contributed by atoms with Crippen LogP contribution >= 0.6 is 0 Å². The van der Waals surface area contributed by atoms with Crippen LogP contribution in [0.1, 0.15) is 16.1 Å². The number of amides is 1. The molecule has 1 amide bonds. The van der Waals surface area contributed by atoms with Gasteiger partial charge >= 0.3 is 6.61 Å². The number of carbonyl (C=O) groups excluding carboxylic acids is 1. The van der Waals surface area contributed by atoms with Crippen LogP contribution in [0.4, 0.5) is 8.78 Å². The van der Waals surface area contributed by atoms with E-state index >= 15 is 0 Å². The molecule has 2 rings (SSSR count). The van der Waals surface area contributed by atoms with Crippen molar-refractivity contribution in [2.24, 2.45) is 7.05 Å². The van der Waals surface area contributed by atoms with Crippen LogP contribution in [0.15, 0.2) is 36.5 Å². The summed E-state index contributed by atoms with van der Waals surface area (Å²) >= 11 is 0. The van der Waals surface area contributed by atoms with Crippen LogP contribution in [0.2, 0.25) is 0 Å². The lowest BCUT2D eigenvalue weighted by Gasteiger charge is -2.17. The average molecular weight is 295 g/mol. The maximum absolute atomic E-state index is 12.3. The molecule has 0 bridgehead atoms. The highest BCUT2D eigenvalue weighted by Crippen LogP contribution is 2.17. The van der Waals surface area contributed by atoms with Gasteiger partial charge in [-0.3, -0.25) is 9.48 Å². The highest BCUT2D eigenvalue weighted by atomic mass is 19.3. The molecule has 0 atom stereocenters. The number of carbonyl (C=O) groups is 1. The third kappa shape index (κ3) is 3.77. The Hall–Kier alpha value is -2.44. The summed E-state index contributed by atoms with van der Waals surface area (Å²) < 4.78 is 30.3. The fourth-order valence-corrected chi connectivity index (χ4v) is 1.90. The second-order valence-electron chi connectivity index (χ2n) is 4.51. The normalized spacial score (nSPS) is 10.7. The van der Waals surface area contributed by atoms with E-state index in [0.29, 0.717) is 6.54 Å². The van der Waals surface area contributed by atoms with Crippen molar-refractivity contribution in [1.82, 2.24) is 14.7 Å². The lowest BCUT2D eigenvalue weighted by atomic mass is 10.2. The van der Waals surface area contributed by atoms with E-state index in [2.05, 4.69) is 9.84 Å². The van der Waals surface area contributed by atoms with Crippen molar-refractivity contribution in [2.75, 3.05) is 7.05 Å². The minimum atomic E-state index is -2.91. The molecule has 0 radical (unpaired) electrons. The summed E-state index contributed by atoms with van der Waals surface area (Å²) in [5, 5.41) is 4.02. The largest absolute Gasteiger partial charge is 0.435 e. The smallest absolute Gasteiger partial charge is 0.387 e. The van der Waals surface area contributed by atoms with Gasteiger partial charge in [-0.1, -0.05) is 6.07 Å². The van der Waals surface area contributed by atoms with Crippen LogP contribution in [0.25, 0.3) is 0 Å². The highest BCUT2D eigenvalue weighted by Gasteiger charge is 2.15. The molecular formula is C14H15F2N3O2. The van der Waals surface area contributed by atoms with Crippen molar-refractivity contribution in [3.63, 3.8) is 0 Å². The lowest BCUT2D eigenvalue weighted by molar-refractivity contribution is -0.0499. The van der Waals surface area contributed by atoms with E-state index in [-0.39, 0.29) is 17.2 Å². The maximum atomic E-state index is 12.3. The molecule has 112 valence electrons. The van der Waals surface area contributed by atoms with Crippen LogP contribution in [-0.2, 0) is 13.6 Å². The van der Waals surface area contributed by atoms with E-state index in [1.165, 1.54) is 23.1 Å². The van der Waals surface area contributed by atoms with Crippen LogP contribution in [-0.4, -0.2) is 34.2 Å². The van der Waals surface area contributed by atoms with Crippen LogP contribution in [0.3, 0.4) is 0 Å². The zero-order chi connectivity index (χ0) is 15.4. The quantitative estimate of drug-likeness (QED) is 0.850. The van der Waals surface area contributed by atoms with Gasteiger partial charge in [0.1, 0.15) is 5.75 Å². The predicted octanol–water partition coefficient (Wildman–Crippen LogP) is 2.29. The monoisotopic (exact) mass is 295 g/mol. The number of rotatable bonds is 5. The number of aryl methyl sites for hydroxylation is 1. The number of hydrogen-bond donors (Lipinski definition) is 0. The minimum Gasteiger partial charge on any atom is -0.435 e. The third-order valence-electron chi connectivity index (χ3n) is 2.97. The molecule has 0 aliphatic heterocycles. The van der Waals surface area contributed by atoms with Crippen molar-refractivity contribution >= 4 is 5.91 Å². The van der Waals surface area contributed by atoms with Gasteiger partial charge in [-0.25, -0.2) is 0 Å². The summed E-state index contributed by atoms with van der Waals surface area (Å²) in [7, 11) is 3.42.